The van der Waals surface area contributed by atoms with Gasteiger partial charge < -0.3 is 31.1 Å². The van der Waals surface area contributed by atoms with E-state index in [-0.39, 0.29) is 0 Å². The standard InChI is InChI=1S/C9H22N2O2.C3H4O4/c1-8(2)6-13-7-9(12)5-11-4-3-10;4-2(5)1-3(6)7/h8-9,11-12H,3-7,10H2,1-2H3;1H2,(H,4,5)(H,6,7). The van der Waals surface area contributed by atoms with Crippen LogP contribution in [0.15, 0.2) is 0 Å². The van der Waals surface area contributed by atoms with Gasteiger partial charge in [-0.15, -0.1) is 0 Å². The minimum atomic E-state index is -1.31. The van der Waals surface area contributed by atoms with E-state index in [1.165, 1.54) is 0 Å². The Morgan fingerprint density at radius 1 is 1.20 bits per heavy atom. The van der Waals surface area contributed by atoms with Gasteiger partial charge in [-0.3, -0.25) is 9.59 Å². The molecule has 0 aliphatic heterocycles. The molecule has 0 aromatic carbocycles. The summed E-state index contributed by atoms with van der Waals surface area (Å²) in [6.07, 6.45) is -1.23. The Hall–Kier alpha value is -1.22. The number of rotatable bonds is 10. The molecule has 0 aromatic heterocycles. The monoisotopic (exact) mass is 294 g/mol. The number of aliphatic carboxylic acids is 2. The maximum atomic E-state index is 9.43. The number of hydrogen-bond acceptors (Lipinski definition) is 6. The van der Waals surface area contributed by atoms with E-state index in [1.807, 2.05) is 0 Å². The molecule has 0 bridgehead atoms. The van der Waals surface area contributed by atoms with Crippen molar-refractivity contribution in [2.24, 2.45) is 11.7 Å². The summed E-state index contributed by atoms with van der Waals surface area (Å²) in [6, 6.07) is 0. The summed E-state index contributed by atoms with van der Waals surface area (Å²) >= 11 is 0. The van der Waals surface area contributed by atoms with Crippen LogP contribution in [-0.4, -0.2) is 66.2 Å². The molecule has 0 rings (SSSR count). The first-order valence-electron chi connectivity index (χ1n) is 6.39. The highest BCUT2D eigenvalue weighted by Crippen LogP contribution is 1.93. The number of carboxylic acid groups (broad SMARTS) is 2. The van der Waals surface area contributed by atoms with Crippen molar-refractivity contribution in [2.75, 3.05) is 32.8 Å². The number of carboxylic acids is 2. The number of nitrogens with two attached hydrogens (primary N) is 1. The number of hydrogen-bond donors (Lipinski definition) is 5. The molecule has 0 radical (unpaired) electrons. The largest absolute Gasteiger partial charge is 0.481 e. The van der Waals surface area contributed by atoms with E-state index in [1.54, 1.807) is 0 Å². The van der Waals surface area contributed by atoms with E-state index in [2.05, 4.69) is 19.2 Å². The number of nitrogens with one attached hydrogen (secondary N) is 1. The van der Waals surface area contributed by atoms with E-state index in [4.69, 9.17) is 20.7 Å². The molecular formula is C12H26N2O6. The van der Waals surface area contributed by atoms with Crippen molar-refractivity contribution >= 4 is 11.9 Å². The molecule has 1 atom stereocenters. The molecule has 8 nitrogen and oxygen atoms in total. The summed E-state index contributed by atoms with van der Waals surface area (Å²) in [7, 11) is 0. The zero-order valence-corrected chi connectivity index (χ0v) is 12.0. The van der Waals surface area contributed by atoms with E-state index in [0.717, 1.165) is 6.54 Å². The lowest BCUT2D eigenvalue weighted by Gasteiger charge is -2.12. The van der Waals surface area contributed by atoms with Crippen LogP contribution in [0.4, 0.5) is 0 Å². The van der Waals surface area contributed by atoms with Crippen LogP contribution in [0, 0.1) is 5.92 Å². The lowest BCUT2D eigenvalue weighted by Crippen LogP contribution is -2.33. The van der Waals surface area contributed by atoms with Crippen LogP contribution in [0.5, 0.6) is 0 Å². The highest BCUT2D eigenvalue weighted by Gasteiger charge is 2.03. The van der Waals surface area contributed by atoms with Gasteiger partial charge in [0.1, 0.15) is 6.42 Å². The summed E-state index contributed by atoms with van der Waals surface area (Å²) in [5.74, 6) is -2.11. The predicted octanol–water partition coefficient (Wildman–Crippen LogP) is -0.886. The van der Waals surface area contributed by atoms with Gasteiger partial charge in [0.15, 0.2) is 0 Å². The molecule has 0 fully saturated rings. The van der Waals surface area contributed by atoms with E-state index in [0.29, 0.717) is 32.2 Å². The molecule has 0 amide bonds. The molecule has 120 valence electrons. The number of ether oxygens (including phenoxy) is 1. The van der Waals surface area contributed by atoms with Crippen LogP contribution in [0.25, 0.3) is 0 Å². The summed E-state index contributed by atoms with van der Waals surface area (Å²) < 4.78 is 5.27. The second-order valence-electron chi connectivity index (χ2n) is 4.54. The van der Waals surface area contributed by atoms with Gasteiger partial charge in [0.25, 0.3) is 0 Å². The van der Waals surface area contributed by atoms with Crippen LogP contribution >= 0.6 is 0 Å². The van der Waals surface area contributed by atoms with Gasteiger partial charge in [-0.25, -0.2) is 0 Å². The highest BCUT2D eigenvalue weighted by molar-refractivity contribution is 5.88. The topological polar surface area (TPSA) is 142 Å². The summed E-state index contributed by atoms with van der Waals surface area (Å²) in [5, 5.41) is 27.8. The second-order valence-corrected chi connectivity index (χ2v) is 4.54. The van der Waals surface area contributed by atoms with Crippen molar-refractivity contribution in [3.63, 3.8) is 0 Å². The van der Waals surface area contributed by atoms with Crippen molar-refractivity contribution in [3.05, 3.63) is 0 Å². The molecular weight excluding hydrogens is 268 g/mol. The molecule has 0 aliphatic rings. The van der Waals surface area contributed by atoms with Crippen molar-refractivity contribution in [3.8, 4) is 0 Å². The smallest absolute Gasteiger partial charge is 0.314 e. The fourth-order valence-electron chi connectivity index (χ4n) is 0.999. The Morgan fingerprint density at radius 2 is 1.75 bits per heavy atom. The first kappa shape index (κ1) is 21.1. The SMILES string of the molecule is CC(C)COCC(O)CNCCN.O=C(O)CC(=O)O. The van der Waals surface area contributed by atoms with Gasteiger partial charge in [-0.05, 0) is 5.92 Å². The maximum Gasteiger partial charge on any atom is 0.314 e. The molecule has 0 saturated heterocycles. The van der Waals surface area contributed by atoms with Crippen LogP contribution in [-0.2, 0) is 14.3 Å². The minimum absolute atomic E-state index is 0.399. The van der Waals surface area contributed by atoms with Crippen LogP contribution in [0.1, 0.15) is 20.3 Å². The third-order valence-electron chi connectivity index (χ3n) is 1.76. The first-order chi connectivity index (χ1) is 9.29. The Bertz CT molecular complexity index is 248. The van der Waals surface area contributed by atoms with Gasteiger partial charge in [-0.2, -0.15) is 0 Å². The Labute approximate surface area is 118 Å². The van der Waals surface area contributed by atoms with Gasteiger partial charge in [0, 0.05) is 26.2 Å². The van der Waals surface area contributed by atoms with Crippen molar-refractivity contribution in [1.29, 1.82) is 0 Å². The maximum absolute atomic E-state index is 9.43. The molecule has 1 unspecified atom stereocenters. The zero-order chi connectivity index (χ0) is 16.0. The van der Waals surface area contributed by atoms with E-state index < -0.39 is 24.5 Å². The summed E-state index contributed by atoms with van der Waals surface area (Å²) in [5.41, 5.74) is 5.28. The average Bonchev–Trinajstić information content (AvgIpc) is 2.27. The van der Waals surface area contributed by atoms with Crippen molar-refractivity contribution < 1.29 is 29.6 Å². The van der Waals surface area contributed by atoms with Gasteiger partial charge in [-0.1, -0.05) is 13.8 Å². The summed E-state index contributed by atoms with van der Waals surface area (Å²) in [6.45, 7) is 7.15. The molecule has 8 heteroatoms. The second kappa shape index (κ2) is 14.2. The zero-order valence-electron chi connectivity index (χ0n) is 12.0. The molecule has 6 N–H and O–H groups in total. The third-order valence-corrected chi connectivity index (χ3v) is 1.76. The van der Waals surface area contributed by atoms with Crippen LogP contribution in [0.2, 0.25) is 0 Å². The normalized spacial score (nSPS) is 11.7. The van der Waals surface area contributed by atoms with Gasteiger partial charge in [0.05, 0.1) is 12.7 Å². The van der Waals surface area contributed by atoms with Gasteiger partial charge in [0.2, 0.25) is 0 Å². The van der Waals surface area contributed by atoms with Gasteiger partial charge >= 0.3 is 11.9 Å². The van der Waals surface area contributed by atoms with Crippen molar-refractivity contribution in [2.45, 2.75) is 26.4 Å². The molecule has 20 heavy (non-hydrogen) atoms. The fourth-order valence-corrected chi connectivity index (χ4v) is 0.999. The quantitative estimate of drug-likeness (QED) is 0.258. The molecule has 0 saturated carbocycles. The average molecular weight is 294 g/mol. The Kier molecular flexibility index (Phi) is 15.0. The van der Waals surface area contributed by atoms with Crippen LogP contribution < -0.4 is 11.1 Å². The van der Waals surface area contributed by atoms with Crippen molar-refractivity contribution in [1.82, 2.24) is 5.32 Å². The van der Waals surface area contributed by atoms with E-state index >= 15 is 0 Å². The Morgan fingerprint density at radius 3 is 2.10 bits per heavy atom. The molecule has 0 heterocycles. The Balaban J connectivity index is 0. The molecule has 0 aliphatic carbocycles. The summed E-state index contributed by atoms with van der Waals surface area (Å²) in [4.78, 5) is 18.9. The van der Waals surface area contributed by atoms with Crippen LogP contribution in [0.3, 0.4) is 0 Å². The predicted molar refractivity (Wildman–Crippen MR) is 73.5 cm³/mol. The lowest BCUT2D eigenvalue weighted by molar-refractivity contribution is -0.147. The lowest BCUT2D eigenvalue weighted by atomic mass is 10.2. The molecule has 0 aromatic rings. The number of aliphatic hydroxyl groups excluding tert-OH is 1. The first-order valence-corrected chi connectivity index (χ1v) is 6.39. The highest BCUT2D eigenvalue weighted by atomic mass is 16.5. The third kappa shape index (κ3) is 22.0. The number of aliphatic hydroxyl groups is 1. The molecule has 0 spiro atoms. The van der Waals surface area contributed by atoms with E-state index in [9.17, 15) is 14.7 Å². The number of carbonyl (C=O) groups is 2. The fraction of sp³-hybridized carbons (Fsp3) is 0.833. The minimum Gasteiger partial charge on any atom is -0.481 e.